The summed E-state index contributed by atoms with van der Waals surface area (Å²) in [4.78, 5) is 0. The van der Waals surface area contributed by atoms with Crippen LogP contribution >= 0.6 is 15.9 Å². The molecule has 94 valence electrons. The zero-order valence-corrected chi connectivity index (χ0v) is 12.3. The average Bonchev–Trinajstić information content (AvgIpc) is 2.42. The largest absolute Gasteiger partial charge is 0.497 e. The third-order valence-electron chi connectivity index (χ3n) is 3.20. The lowest BCUT2D eigenvalue weighted by Gasteiger charge is -2.16. The molecule has 0 aliphatic rings. The molecule has 0 aliphatic heterocycles. The molecule has 0 saturated heterocycles. The molecule has 0 radical (unpaired) electrons. The number of hydrogen-bond donors (Lipinski definition) is 0. The minimum Gasteiger partial charge on any atom is -0.497 e. The van der Waals surface area contributed by atoms with Crippen molar-refractivity contribution in [1.29, 1.82) is 0 Å². The first-order valence-electron chi connectivity index (χ1n) is 6.14. The Hall–Kier alpha value is -1.28. The summed E-state index contributed by atoms with van der Waals surface area (Å²) in [5.41, 5.74) is 2.69. The van der Waals surface area contributed by atoms with Crippen molar-refractivity contribution in [3.8, 4) is 5.75 Å². The predicted molar refractivity (Wildman–Crippen MR) is 79.3 cm³/mol. The third-order valence-corrected chi connectivity index (χ3v) is 3.73. The van der Waals surface area contributed by atoms with Crippen molar-refractivity contribution in [2.24, 2.45) is 0 Å². The first kappa shape index (κ1) is 13.2. The molecular formula is C16H17BrO. The summed E-state index contributed by atoms with van der Waals surface area (Å²) in [7, 11) is 1.70. The normalized spacial score (nSPS) is 12.2. The van der Waals surface area contributed by atoms with E-state index in [4.69, 9.17) is 4.74 Å². The van der Waals surface area contributed by atoms with E-state index in [1.54, 1.807) is 7.11 Å². The lowest BCUT2D eigenvalue weighted by molar-refractivity contribution is 0.414. The van der Waals surface area contributed by atoms with Crippen LogP contribution in [0, 0.1) is 0 Å². The minimum atomic E-state index is 0.448. The van der Waals surface area contributed by atoms with E-state index < -0.39 is 0 Å². The summed E-state index contributed by atoms with van der Waals surface area (Å²) >= 11 is 3.48. The second-order valence-electron chi connectivity index (χ2n) is 4.29. The van der Waals surface area contributed by atoms with Gasteiger partial charge in [-0.1, -0.05) is 47.1 Å². The molecule has 0 aliphatic carbocycles. The van der Waals surface area contributed by atoms with Crippen LogP contribution in [0.5, 0.6) is 5.75 Å². The highest BCUT2D eigenvalue weighted by molar-refractivity contribution is 9.10. The van der Waals surface area contributed by atoms with Crippen LogP contribution in [-0.2, 0) is 0 Å². The number of hydrogen-bond acceptors (Lipinski definition) is 1. The summed E-state index contributed by atoms with van der Waals surface area (Å²) in [6.07, 6.45) is 1.09. The van der Waals surface area contributed by atoms with Gasteiger partial charge in [0.1, 0.15) is 5.75 Å². The molecule has 18 heavy (non-hydrogen) atoms. The van der Waals surface area contributed by atoms with Gasteiger partial charge in [-0.2, -0.15) is 0 Å². The maximum Gasteiger partial charge on any atom is 0.118 e. The Morgan fingerprint density at radius 2 is 1.44 bits per heavy atom. The molecule has 0 amide bonds. The van der Waals surface area contributed by atoms with Crippen LogP contribution in [0.15, 0.2) is 53.0 Å². The van der Waals surface area contributed by atoms with Gasteiger partial charge in [-0.3, -0.25) is 0 Å². The first-order chi connectivity index (χ1) is 8.74. The Bertz CT molecular complexity index is 488. The number of rotatable bonds is 4. The van der Waals surface area contributed by atoms with Crippen LogP contribution in [0.2, 0.25) is 0 Å². The van der Waals surface area contributed by atoms with Gasteiger partial charge in [0.15, 0.2) is 0 Å². The fourth-order valence-electron chi connectivity index (χ4n) is 2.20. The number of halogens is 1. The third kappa shape index (κ3) is 2.94. The summed E-state index contributed by atoms with van der Waals surface area (Å²) in [6.45, 7) is 2.22. The molecule has 1 nitrogen and oxygen atoms in total. The molecule has 0 N–H and O–H groups in total. The molecule has 1 unspecified atom stereocenters. The quantitative estimate of drug-likeness (QED) is 0.772. The van der Waals surface area contributed by atoms with E-state index in [1.165, 1.54) is 11.1 Å². The van der Waals surface area contributed by atoms with Gasteiger partial charge < -0.3 is 4.74 Å². The summed E-state index contributed by atoms with van der Waals surface area (Å²) in [5, 5.41) is 0. The van der Waals surface area contributed by atoms with Crippen LogP contribution in [-0.4, -0.2) is 7.11 Å². The second-order valence-corrected chi connectivity index (χ2v) is 5.20. The fraction of sp³-hybridized carbons (Fsp3) is 0.250. The predicted octanol–water partition coefficient (Wildman–Crippen LogP) is 5.00. The molecule has 0 aromatic heterocycles. The summed E-state index contributed by atoms with van der Waals surface area (Å²) in [6, 6.07) is 16.9. The molecule has 0 saturated carbocycles. The maximum atomic E-state index is 5.20. The SMILES string of the molecule is CCC(c1ccc(Br)cc1)c1ccc(OC)cc1. The highest BCUT2D eigenvalue weighted by atomic mass is 79.9. The van der Waals surface area contributed by atoms with E-state index in [9.17, 15) is 0 Å². The number of ether oxygens (including phenoxy) is 1. The van der Waals surface area contributed by atoms with Crippen molar-refractivity contribution < 1.29 is 4.74 Å². The van der Waals surface area contributed by atoms with Crippen molar-refractivity contribution in [2.75, 3.05) is 7.11 Å². The summed E-state index contributed by atoms with van der Waals surface area (Å²) in [5.74, 6) is 1.36. The Kier molecular flexibility index (Phi) is 4.43. The van der Waals surface area contributed by atoms with Gasteiger partial charge in [0.2, 0.25) is 0 Å². The van der Waals surface area contributed by atoms with E-state index in [2.05, 4.69) is 59.3 Å². The highest BCUT2D eigenvalue weighted by Gasteiger charge is 2.11. The molecule has 2 rings (SSSR count). The van der Waals surface area contributed by atoms with Crippen LogP contribution < -0.4 is 4.74 Å². The average molecular weight is 305 g/mol. The Balaban J connectivity index is 2.29. The Labute approximate surface area is 117 Å². The smallest absolute Gasteiger partial charge is 0.118 e. The standard InChI is InChI=1S/C16H17BrO/c1-3-16(12-4-8-14(17)9-5-12)13-6-10-15(18-2)11-7-13/h4-11,16H,3H2,1-2H3. The lowest BCUT2D eigenvalue weighted by atomic mass is 9.89. The van der Waals surface area contributed by atoms with E-state index in [0.29, 0.717) is 5.92 Å². The van der Waals surface area contributed by atoms with Gasteiger partial charge in [0.25, 0.3) is 0 Å². The van der Waals surface area contributed by atoms with Crippen molar-refractivity contribution in [2.45, 2.75) is 19.3 Å². The van der Waals surface area contributed by atoms with Gasteiger partial charge in [-0.25, -0.2) is 0 Å². The van der Waals surface area contributed by atoms with Crippen molar-refractivity contribution in [1.82, 2.24) is 0 Å². The first-order valence-corrected chi connectivity index (χ1v) is 6.93. The van der Waals surface area contributed by atoms with Crippen molar-refractivity contribution in [3.63, 3.8) is 0 Å². The molecule has 2 aromatic carbocycles. The van der Waals surface area contributed by atoms with Gasteiger partial charge in [0.05, 0.1) is 7.11 Å². The van der Waals surface area contributed by atoms with Crippen LogP contribution in [0.25, 0.3) is 0 Å². The van der Waals surface area contributed by atoms with Crippen LogP contribution in [0.1, 0.15) is 30.4 Å². The number of benzene rings is 2. The van der Waals surface area contributed by atoms with E-state index >= 15 is 0 Å². The van der Waals surface area contributed by atoms with E-state index in [0.717, 1.165) is 16.6 Å². The van der Waals surface area contributed by atoms with Gasteiger partial charge >= 0.3 is 0 Å². The number of methoxy groups -OCH3 is 1. The highest BCUT2D eigenvalue weighted by Crippen LogP contribution is 2.29. The van der Waals surface area contributed by atoms with E-state index in [-0.39, 0.29) is 0 Å². The Morgan fingerprint density at radius 1 is 0.944 bits per heavy atom. The fourth-order valence-corrected chi connectivity index (χ4v) is 2.46. The molecule has 0 bridgehead atoms. The molecule has 0 heterocycles. The van der Waals surface area contributed by atoms with Gasteiger partial charge in [-0.15, -0.1) is 0 Å². The second kappa shape index (κ2) is 6.05. The molecule has 0 fully saturated rings. The molecule has 2 heteroatoms. The molecule has 0 spiro atoms. The molecule has 2 aromatic rings. The van der Waals surface area contributed by atoms with Crippen molar-refractivity contribution in [3.05, 3.63) is 64.1 Å². The summed E-state index contributed by atoms with van der Waals surface area (Å²) < 4.78 is 6.32. The molecule has 1 atom stereocenters. The topological polar surface area (TPSA) is 9.23 Å². The zero-order valence-electron chi connectivity index (χ0n) is 10.7. The van der Waals surface area contributed by atoms with Crippen LogP contribution in [0.4, 0.5) is 0 Å². The maximum absolute atomic E-state index is 5.20. The zero-order chi connectivity index (χ0) is 13.0. The van der Waals surface area contributed by atoms with Crippen molar-refractivity contribution >= 4 is 15.9 Å². The van der Waals surface area contributed by atoms with E-state index in [1.807, 2.05) is 12.1 Å². The van der Waals surface area contributed by atoms with Crippen LogP contribution in [0.3, 0.4) is 0 Å². The monoisotopic (exact) mass is 304 g/mol. The molecular weight excluding hydrogens is 288 g/mol. The lowest BCUT2D eigenvalue weighted by Crippen LogP contribution is -1.99. The Morgan fingerprint density at radius 3 is 1.89 bits per heavy atom. The van der Waals surface area contributed by atoms with Gasteiger partial charge in [-0.05, 0) is 41.8 Å². The van der Waals surface area contributed by atoms with Gasteiger partial charge in [0, 0.05) is 10.4 Å². The minimum absolute atomic E-state index is 0.448.